The molecule has 0 aliphatic carbocycles. The van der Waals surface area contributed by atoms with E-state index in [2.05, 4.69) is 5.32 Å². The molecule has 1 aliphatic heterocycles. The lowest BCUT2D eigenvalue weighted by atomic mass is 10.1. The van der Waals surface area contributed by atoms with Crippen LogP contribution >= 0.6 is 0 Å². The zero-order chi connectivity index (χ0) is 18.0. The Kier molecular flexibility index (Phi) is 4.81. The van der Waals surface area contributed by atoms with Crippen molar-refractivity contribution in [2.45, 2.75) is 37.6 Å². The molecule has 132 valence electrons. The standard InChI is InChI=1S/C19H22N2O3S/c1-3-11-20-19(22)16-8-6-9-17(13-16)25(23,24)21-14(2)12-15-7-4-5-10-18(15)21/h4-10,13-14H,3,11-12H2,1-2H3,(H,20,22). The second-order valence-electron chi connectivity index (χ2n) is 6.27. The minimum atomic E-state index is -3.72. The maximum absolute atomic E-state index is 13.2. The number of amides is 1. The minimum Gasteiger partial charge on any atom is -0.352 e. The molecule has 0 bridgehead atoms. The van der Waals surface area contributed by atoms with E-state index in [1.807, 2.05) is 38.1 Å². The molecule has 0 saturated carbocycles. The topological polar surface area (TPSA) is 66.5 Å². The lowest BCUT2D eigenvalue weighted by Crippen LogP contribution is -2.36. The number of para-hydroxylation sites is 1. The molecule has 0 spiro atoms. The van der Waals surface area contributed by atoms with Gasteiger partial charge in [-0.3, -0.25) is 9.10 Å². The fourth-order valence-electron chi connectivity index (χ4n) is 3.16. The molecule has 1 N–H and O–H groups in total. The average Bonchev–Trinajstić information content (AvgIpc) is 2.96. The molecule has 2 aromatic carbocycles. The molecule has 6 heteroatoms. The molecular weight excluding hydrogens is 336 g/mol. The molecule has 0 radical (unpaired) electrons. The maximum atomic E-state index is 13.2. The Hall–Kier alpha value is -2.34. The minimum absolute atomic E-state index is 0.139. The third-order valence-corrected chi connectivity index (χ3v) is 6.26. The molecule has 1 heterocycles. The van der Waals surface area contributed by atoms with Gasteiger partial charge in [0.2, 0.25) is 0 Å². The molecule has 0 saturated heterocycles. The molecule has 25 heavy (non-hydrogen) atoms. The van der Waals surface area contributed by atoms with E-state index in [1.165, 1.54) is 10.4 Å². The van der Waals surface area contributed by atoms with Crippen molar-refractivity contribution < 1.29 is 13.2 Å². The number of benzene rings is 2. The highest BCUT2D eigenvalue weighted by molar-refractivity contribution is 7.92. The largest absolute Gasteiger partial charge is 0.352 e. The predicted molar refractivity (Wildman–Crippen MR) is 98.3 cm³/mol. The third-order valence-electron chi connectivity index (χ3n) is 4.33. The van der Waals surface area contributed by atoms with E-state index in [-0.39, 0.29) is 16.8 Å². The van der Waals surface area contributed by atoms with Gasteiger partial charge in [0, 0.05) is 18.2 Å². The van der Waals surface area contributed by atoms with Crippen LogP contribution in [0.5, 0.6) is 0 Å². The van der Waals surface area contributed by atoms with Crippen LogP contribution in [0.15, 0.2) is 53.4 Å². The normalized spacial score (nSPS) is 16.6. The maximum Gasteiger partial charge on any atom is 0.264 e. The number of nitrogens with zero attached hydrogens (tertiary/aromatic N) is 1. The Morgan fingerprint density at radius 3 is 2.72 bits per heavy atom. The third kappa shape index (κ3) is 3.26. The molecule has 3 rings (SSSR count). The smallest absolute Gasteiger partial charge is 0.264 e. The summed E-state index contributed by atoms with van der Waals surface area (Å²) in [5.41, 5.74) is 2.10. The zero-order valence-electron chi connectivity index (χ0n) is 14.4. The van der Waals surface area contributed by atoms with Crippen LogP contribution in [-0.2, 0) is 16.4 Å². The fourth-order valence-corrected chi connectivity index (χ4v) is 4.89. The van der Waals surface area contributed by atoms with Crippen LogP contribution in [0.25, 0.3) is 0 Å². The predicted octanol–water partition coefficient (Wildman–Crippen LogP) is 2.97. The monoisotopic (exact) mass is 358 g/mol. The fraction of sp³-hybridized carbons (Fsp3) is 0.316. The van der Waals surface area contributed by atoms with Crippen LogP contribution < -0.4 is 9.62 Å². The van der Waals surface area contributed by atoms with Crippen molar-refractivity contribution >= 4 is 21.6 Å². The number of carbonyl (C=O) groups is 1. The van der Waals surface area contributed by atoms with Gasteiger partial charge in [0.05, 0.1) is 10.6 Å². The second kappa shape index (κ2) is 6.88. The van der Waals surface area contributed by atoms with E-state index in [4.69, 9.17) is 0 Å². The van der Waals surface area contributed by atoms with E-state index in [0.717, 1.165) is 17.7 Å². The number of rotatable bonds is 5. The van der Waals surface area contributed by atoms with E-state index in [0.29, 0.717) is 18.5 Å². The summed E-state index contributed by atoms with van der Waals surface area (Å²) in [7, 11) is -3.72. The number of carbonyl (C=O) groups excluding carboxylic acids is 1. The lowest BCUT2D eigenvalue weighted by Gasteiger charge is -2.24. The molecular formula is C19H22N2O3S. The van der Waals surface area contributed by atoms with Gasteiger partial charge in [0.25, 0.3) is 15.9 Å². The van der Waals surface area contributed by atoms with Crippen molar-refractivity contribution in [2.75, 3.05) is 10.8 Å². The van der Waals surface area contributed by atoms with Crippen molar-refractivity contribution in [3.8, 4) is 0 Å². The van der Waals surface area contributed by atoms with E-state index in [9.17, 15) is 13.2 Å². The molecule has 0 fully saturated rings. The number of sulfonamides is 1. The van der Waals surface area contributed by atoms with Gasteiger partial charge in [-0.15, -0.1) is 0 Å². The summed E-state index contributed by atoms with van der Waals surface area (Å²) < 4.78 is 27.8. The van der Waals surface area contributed by atoms with Gasteiger partial charge in [-0.05, 0) is 49.6 Å². The number of fused-ring (bicyclic) bond motifs is 1. The number of nitrogens with one attached hydrogen (secondary N) is 1. The van der Waals surface area contributed by atoms with Crippen LogP contribution in [0.2, 0.25) is 0 Å². The van der Waals surface area contributed by atoms with Crippen molar-refractivity contribution in [2.24, 2.45) is 0 Å². The van der Waals surface area contributed by atoms with E-state index in [1.54, 1.807) is 18.2 Å². The summed E-state index contributed by atoms with van der Waals surface area (Å²) in [4.78, 5) is 12.3. The summed E-state index contributed by atoms with van der Waals surface area (Å²) >= 11 is 0. The van der Waals surface area contributed by atoms with Crippen molar-refractivity contribution in [3.63, 3.8) is 0 Å². The highest BCUT2D eigenvalue weighted by Gasteiger charge is 2.35. The Morgan fingerprint density at radius 2 is 1.96 bits per heavy atom. The van der Waals surface area contributed by atoms with Crippen LogP contribution in [0.4, 0.5) is 5.69 Å². The van der Waals surface area contributed by atoms with E-state index >= 15 is 0 Å². The Bertz CT molecular complexity index is 893. The van der Waals surface area contributed by atoms with Crippen molar-refractivity contribution in [1.29, 1.82) is 0 Å². The lowest BCUT2D eigenvalue weighted by molar-refractivity contribution is 0.0953. The molecule has 1 unspecified atom stereocenters. The van der Waals surface area contributed by atoms with Crippen molar-refractivity contribution in [1.82, 2.24) is 5.32 Å². The summed E-state index contributed by atoms with van der Waals surface area (Å²) in [6.07, 6.45) is 1.51. The van der Waals surface area contributed by atoms with Crippen LogP contribution in [-0.4, -0.2) is 26.9 Å². The molecule has 5 nitrogen and oxygen atoms in total. The number of hydrogen-bond donors (Lipinski definition) is 1. The molecule has 2 aromatic rings. The molecule has 1 atom stereocenters. The Labute approximate surface area is 148 Å². The summed E-state index contributed by atoms with van der Waals surface area (Å²) in [6.45, 7) is 4.43. The van der Waals surface area contributed by atoms with Crippen LogP contribution in [0.3, 0.4) is 0 Å². The first-order chi connectivity index (χ1) is 11.9. The SMILES string of the molecule is CCCNC(=O)c1cccc(S(=O)(=O)N2c3ccccc3CC2C)c1. The van der Waals surface area contributed by atoms with Crippen molar-refractivity contribution in [3.05, 3.63) is 59.7 Å². The number of anilines is 1. The summed E-state index contributed by atoms with van der Waals surface area (Å²) in [5, 5.41) is 2.77. The highest BCUT2D eigenvalue weighted by Crippen LogP contribution is 2.36. The van der Waals surface area contributed by atoms with Gasteiger partial charge in [0.15, 0.2) is 0 Å². The van der Waals surface area contributed by atoms with E-state index < -0.39 is 10.0 Å². The van der Waals surface area contributed by atoms with Gasteiger partial charge in [-0.2, -0.15) is 0 Å². The second-order valence-corrected chi connectivity index (χ2v) is 8.08. The van der Waals surface area contributed by atoms with Gasteiger partial charge in [-0.1, -0.05) is 31.2 Å². The van der Waals surface area contributed by atoms with Crippen LogP contribution in [0, 0.1) is 0 Å². The van der Waals surface area contributed by atoms with Gasteiger partial charge >= 0.3 is 0 Å². The first-order valence-corrected chi connectivity index (χ1v) is 9.89. The molecule has 0 aromatic heterocycles. The van der Waals surface area contributed by atoms with Gasteiger partial charge in [-0.25, -0.2) is 8.42 Å². The van der Waals surface area contributed by atoms with Gasteiger partial charge in [0.1, 0.15) is 0 Å². The quantitative estimate of drug-likeness (QED) is 0.893. The highest BCUT2D eigenvalue weighted by atomic mass is 32.2. The number of hydrogen-bond acceptors (Lipinski definition) is 3. The Morgan fingerprint density at radius 1 is 1.20 bits per heavy atom. The Balaban J connectivity index is 1.97. The molecule has 1 aliphatic rings. The van der Waals surface area contributed by atoms with Gasteiger partial charge < -0.3 is 5.32 Å². The first-order valence-electron chi connectivity index (χ1n) is 8.45. The first kappa shape index (κ1) is 17.5. The molecule has 1 amide bonds. The summed E-state index contributed by atoms with van der Waals surface area (Å²) in [6, 6.07) is 13.6. The van der Waals surface area contributed by atoms with Crippen LogP contribution in [0.1, 0.15) is 36.2 Å². The average molecular weight is 358 g/mol. The zero-order valence-corrected chi connectivity index (χ0v) is 15.2. The summed E-state index contributed by atoms with van der Waals surface area (Å²) in [5.74, 6) is -0.256.